The van der Waals surface area contributed by atoms with Crippen LogP contribution in [0.1, 0.15) is 29.2 Å². The second-order valence-corrected chi connectivity index (χ2v) is 7.55. The summed E-state index contributed by atoms with van der Waals surface area (Å²) in [6.07, 6.45) is 4.45. The molecule has 0 unspecified atom stereocenters. The zero-order chi connectivity index (χ0) is 16.9. The van der Waals surface area contributed by atoms with E-state index in [0.717, 1.165) is 17.1 Å². The summed E-state index contributed by atoms with van der Waals surface area (Å²) >= 11 is 3.24. The Morgan fingerprint density at radius 3 is 2.88 bits per heavy atom. The van der Waals surface area contributed by atoms with Crippen LogP contribution in [0.5, 0.6) is 0 Å². The highest BCUT2D eigenvalue weighted by Crippen LogP contribution is 2.22. The van der Waals surface area contributed by atoms with Gasteiger partial charge in [0.05, 0.1) is 24.2 Å². The first-order valence-corrected chi connectivity index (χ1v) is 9.65. The van der Waals surface area contributed by atoms with Crippen molar-refractivity contribution in [1.29, 1.82) is 0 Å². The molecule has 0 aromatic carbocycles. The molecule has 0 saturated heterocycles. The van der Waals surface area contributed by atoms with Gasteiger partial charge in [0.1, 0.15) is 5.01 Å². The normalized spacial score (nSPS) is 13.6. The minimum atomic E-state index is -0.158. The summed E-state index contributed by atoms with van der Waals surface area (Å²) in [5, 5.41) is 14.6. The highest BCUT2D eigenvalue weighted by Gasteiger charge is 2.21. The molecule has 2 atom stereocenters. The van der Waals surface area contributed by atoms with Gasteiger partial charge in [-0.05, 0) is 35.4 Å². The number of rotatable bonds is 7. The summed E-state index contributed by atoms with van der Waals surface area (Å²) in [6, 6.07) is 3.95. The number of nitrogens with zero attached hydrogens (tertiary/aromatic N) is 3. The van der Waals surface area contributed by atoms with E-state index < -0.39 is 0 Å². The lowest BCUT2D eigenvalue weighted by molar-refractivity contribution is -0.125. The second kappa shape index (κ2) is 7.72. The quantitative estimate of drug-likeness (QED) is 0.702. The summed E-state index contributed by atoms with van der Waals surface area (Å²) in [5.74, 6) is -0.132. The number of aryl methyl sites for hydroxylation is 1. The average Bonchev–Trinajstić information content (AvgIpc) is 3.28. The van der Waals surface area contributed by atoms with E-state index in [1.807, 2.05) is 36.2 Å². The van der Waals surface area contributed by atoms with Gasteiger partial charge in [0.15, 0.2) is 0 Å². The van der Waals surface area contributed by atoms with Crippen molar-refractivity contribution in [2.75, 3.05) is 0 Å². The van der Waals surface area contributed by atoms with E-state index in [9.17, 15) is 4.79 Å². The van der Waals surface area contributed by atoms with E-state index in [2.05, 4.69) is 32.2 Å². The number of carbonyl (C=O) groups is 1. The second-order valence-electron chi connectivity index (χ2n) is 5.85. The highest BCUT2D eigenvalue weighted by atomic mass is 32.1. The van der Waals surface area contributed by atoms with Crippen molar-refractivity contribution in [3.05, 3.63) is 56.9 Å². The molecule has 0 aliphatic rings. The Balaban J connectivity index is 1.66. The van der Waals surface area contributed by atoms with Gasteiger partial charge in [-0.1, -0.05) is 6.92 Å². The molecule has 0 fully saturated rings. The van der Waals surface area contributed by atoms with Crippen LogP contribution in [0.4, 0.5) is 0 Å². The number of carbonyl (C=O) groups excluding carboxylic acids is 1. The van der Waals surface area contributed by atoms with Gasteiger partial charge >= 0.3 is 0 Å². The van der Waals surface area contributed by atoms with Crippen LogP contribution < -0.4 is 5.32 Å². The van der Waals surface area contributed by atoms with Crippen molar-refractivity contribution in [2.24, 2.45) is 5.92 Å². The molecule has 3 heterocycles. The van der Waals surface area contributed by atoms with E-state index in [0.29, 0.717) is 6.54 Å². The van der Waals surface area contributed by atoms with Crippen molar-refractivity contribution in [3.8, 4) is 0 Å². The first kappa shape index (κ1) is 16.9. The Kier molecular flexibility index (Phi) is 5.42. The van der Waals surface area contributed by atoms with E-state index in [4.69, 9.17) is 0 Å². The predicted octanol–water partition coefficient (Wildman–Crippen LogP) is 3.45. The summed E-state index contributed by atoms with van der Waals surface area (Å²) in [4.78, 5) is 17.0. The van der Waals surface area contributed by atoms with E-state index in [1.54, 1.807) is 28.9 Å². The molecule has 3 aromatic rings. The van der Waals surface area contributed by atoms with Crippen LogP contribution >= 0.6 is 22.7 Å². The molecule has 0 saturated carbocycles. The molecule has 0 spiro atoms. The average molecular weight is 361 g/mol. The first-order chi connectivity index (χ1) is 11.6. The first-order valence-electron chi connectivity index (χ1n) is 7.82. The summed E-state index contributed by atoms with van der Waals surface area (Å²) in [7, 11) is 0. The zero-order valence-electron chi connectivity index (χ0n) is 13.7. The minimum absolute atomic E-state index is 0.0265. The number of hydrogen-bond donors (Lipinski definition) is 1. The third-order valence-corrected chi connectivity index (χ3v) is 5.39. The molecule has 3 aromatic heterocycles. The van der Waals surface area contributed by atoms with Crippen molar-refractivity contribution < 1.29 is 4.79 Å². The summed E-state index contributed by atoms with van der Waals surface area (Å²) in [6.45, 7) is 4.44. The number of thiophene rings is 1. The van der Waals surface area contributed by atoms with Crippen LogP contribution in [0.25, 0.3) is 0 Å². The number of nitrogens with one attached hydrogen (secondary N) is 1. The Labute approximate surface area is 149 Å². The van der Waals surface area contributed by atoms with Crippen LogP contribution in [-0.4, -0.2) is 20.7 Å². The lowest BCUT2D eigenvalue weighted by Gasteiger charge is -2.19. The molecule has 126 valence electrons. The van der Waals surface area contributed by atoms with E-state index >= 15 is 0 Å². The van der Waals surface area contributed by atoms with Gasteiger partial charge in [-0.2, -0.15) is 16.4 Å². The molecule has 1 N–H and O–H groups in total. The van der Waals surface area contributed by atoms with E-state index in [-0.39, 0.29) is 17.9 Å². The molecule has 3 rings (SSSR count). The van der Waals surface area contributed by atoms with Crippen LogP contribution in [0.15, 0.2) is 40.7 Å². The van der Waals surface area contributed by atoms with Gasteiger partial charge in [-0.3, -0.25) is 9.48 Å². The Hall–Kier alpha value is -1.99. The van der Waals surface area contributed by atoms with Crippen molar-refractivity contribution >= 4 is 28.6 Å². The van der Waals surface area contributed by atoms with Crippen LogP contribution in [0.3, 0.4) is 0 Å². The van der Waals surface area contributed by atoms with Crippen LogP contribution in [0.2, 0.25) is 0 Å². The van der Waals surface area contributed by atoms with E-state index in [1.165, 1.54) is 5.56 Å². The Bertz CT molecular complexity index is 764. The standard InChI is InChI=1S/C17H20N4OS2/c1-12(10-21-6-3-13(2)20-21)16(22)19-15(17-18-5-8-24-17)9-14-4-7-23-11-14/h3-8,11-12,15H,9-10H2,1-2H3,(H,19,22)/t12-,15-/m0/s1. The molecule has 5 nitrogen and oxygen atoms in total. The third kappa shape index (κ3) is 4.30. The monoisotopic (exact) mass is 360 g/mol. The maximum absolute atomic E-state index is 12.6. The zero-order valence-corrected chi connectivity index (χ0v) is 15.3. The topological polar surface area (TPSA) is 59.8 Å². The third-order valence-electron chi connectivity index (χ3n) is 3.77. The summed E-state index contributed by atoms with van der Waals surface area (Å²) in [5.41, 5.74) is 2.18. The molecule has 0 aliphatic heterocycles. The van der Waals surface area contributed by atoms with Gasteiger partial charge in [-0.25, -0.2) is 4.98 Å². The lowest BCUT2D eigenvalue weighted by atomic mass is 10.1. The van der Waals surface area contributed by atoms with Crippen LogP contribution in [0, 0.1) is 12.8 Å². The maximum Gasteiger partial charge on any atom is 0.225 e. The summed E-state index contributed by atoms with van der Waals surface area (Å²) < 4.78 is 1.82. The maximum atomic E-state index is 12.6. The molecular weight excluding hydrogens is 340 g/mol. The van der Waals surface area contributed by atoms with Crippen molar-refractivity contribution in [2.45, 2.75) is 32.9 Å². The number of aromatic nitrogens is 3. The fourth-order valence-corrected chi connectivity index (χ4v) is 3.86. The molecule has 0 radical (unpaired) electrons. The Morgan fingerprint density at radius 1 is 1.38 bits per heavy atom. The Morgan fingerprint density at radius 2 is 2.25 bits per heavy atom. The predicted molar refractivity (Wildman–Crippen MR) is 97.1 cm³/mol. The molecule has 0 aliphatic carbocycles. The molecule has 1 amide bonds. The molecule has 7 heteroatoms. The number of amides is 1. The smallest absolute Gasteiger partial charge is 0.225 e. The van der Waals surface area contributed by atoms with Gasteiger partial charge in [-0.15, -0.1) is 11.3 Å². The molecular formula is C17H20N4OS2. The number of thiazole rings is 1. The van der Waals surface area contributed by atoms with Gasteiger partial charge < -0.3 is 5.32 Å². The minimum Gasteiger partial charge on any atom is -0.346 e. The van der Waals surface area contributed by atoms with Crippen molar-refractivity contribution in [3.63, 3.8) is 0 Å². The largest absolute Gasteiger partial charge is 0.346 e. The van der Waals surface area contributed by atoms with Crippen LogP contribution in [-0.2, 0) is 17.8 Å². The van der Waals surface area contributed by atoms with Gasteiger partial charge in [0.25, 0.3) is 0 Å². The highest BCUT2D eigenvalue weighted by molar-refractivity contribution is 7.09. The molecule has 24 heavy (non-hydrogen) atoms. The fourth-order valence-electron chi connectivity index (χ4n) is 2.49. The van der Waals surface area contributed by atoms with Crippen molar-refractivity contribution in [1.82, 2.24) is 20.1 Å². The fraction of sp³-hybridized carbons (Fsp3) is 0.353. The lowest BCUT2D eigenvalue weighted by Crippen LogP contribution is -2.35. The SMILES string of the molecule is Cc1ccn(C[C@H](C)C(=O)N[C@@H](Cc2ccsc2)c2nccs2)n1. The molecule has 0 bridgehead atoms. The van der Waals surface area contributed by atoms with Gasteiger partial charge in [0.2, 0.25) is 5.91 Å². The number of hydrogen-bond acceptors (Lipinski definition) is 5. The van der Waals surface area contributed by atoms with Gasteiger partial charge in [0, 0.05) is 24.2 Å².